The van der Waals surface area contributed by atoms with Gasteiger partial charge >= 0.3 is 0 Å². The van der Waals surface area contributed by atoms with Crippen LogP contribution in [-0.2, 0) is 4.79 Å². The molecule has 4 nitrogen and oxygen atoms in total. The van der Waals surface area contributed by atoms with Crippen molar-refractivity contribution >= 4 is 27.5 Å². The molecule has 0 radical (unpaired) electrons. The summed E-state index contributed by atoms with van der Waals surface area (Å²) in [4.78, 5) is 13.9. The number of rotatable bonds is 4. The van der Waals surface area contributed by atoms with Crippen molar-refractivity contribution in [2.75, 3.05) is 25.0 Å². The molecule has 1 aliphatic heterocycles. The molecule has 5 heteroatoms. The molecule has 1 atom stereocenters. The monoisotopic (exact) mass is 312 g/mol. The summed E-state index contributed by atoms with van der Waals surface area (Å²) in [6.45, 7) is 1.37. The molecule has 0 aromatic heterocycles. The standard InChI is InChI=1S/C13H17BrN2O2/c14-10-3-5-11(6-4-10)15-13(18)8-16-7-1-2-12(16)9-17/h3-6,12,17H,1-2,7-9H2,(H,15,18). The number of aliphatic hydroxyl groups is 1. The van der Waals surface area contributed by atoms with Crippen molar-refractivity contribution in [3.05, 3.63) is 28.7 Å². The number of amides is 1. The second kappa shape index (κ2) is 6.31. The van der Waals surface area contributed by atoms with E-state index < -0.39 is 0 Å². The number of likely N-dealkylation sites (tertiary alicyclic amines) is 1. The zero-order valence-electron chi connectivity index (χ0n) is 10.1. The largest absolute Gasteiger partial charge is 0.395 e. The summed E-state index contributed by atoms with van der Waals surface area (Å²) in [6, 6.07) is 7.63. The number of nitrogens with zero attached hydrogens (tertiary/aromatic N) is 1. The number of halogens is 1. The molecule has 18 heavy (non-hydrogen) atoms. The minimum absolute atomic E-state index is 0.0299. The van der Waals surface area contributed by atoms with Crippen molar-refractivity contribution in [1.82, 2.24) is 4.90 Å². The van der Waals surface area contributed by atoms with Gasteiger partial charge in [0.15, 0.2) is 0 Å². The van der Waals surface area contributed by atoms with E-state index in [1.165, 1.54) is 0 Å². The molecule has 2 rings (SSSR count). The van der Waals surface area contributed by atoms with Gasteiger partial charge in [-0.05, 0) is 43.7 Å². The highest BCUT2D eigenvalue weighted by Gasteiger charge is 2.25. The number of carbonyl (C=O) groups excluding carboxylic acids is 1. The molecule has 2 N–H and O–H groups in total. The molecule has 98 valence electrons. The summed E-state index contributed by atoms with van der Waals surface area (Å²) in [5.41, 5.74) is 0.794. The molecule has 1 aliphatic rings. The van der Waals surface area contributed by atoms with Crippen LogP contribution in [0.2, 0.25) is 0 Å². The van der Waals surface area contributed by atoms with Gasteiger partial charge in [0.2, 0.25) is 5.91 Å². The highest BCUT2D eigenvalue weighted by atomic mass is 79.9. The van der Waals surface area contributed by atoms with E-state index in [2.05, 4.69) is 21.2 Å². The van der Waals surface area contributed by atoms with E-state index in [0.29, 0.717) is 6.54 Å². The molecule has 1 aromatic rings. The van der Waals surface area contributed by atoms with Gasteiger partial charge in [0.1, 0.15) is 0 Å². The maximum absolute atomic E-state index is 11.9. The zero-order chi connectivity index (χ0) is 13.0. The number of benzene rings is 1. The van der Waals surface area contributed by atoms with E-state index in [4.69, 9.17) is 0 Å². The lowest BCUT2D eigenvalue weighted by molar-refractivity contribution is -0.117. The van der Waals surface area contributed by atoms with E-state index in [1.807, 2.05) is 29.2 Å². The number of anilines is 1. The molecule has 1 aromatic carbocycles. The topological polar surface area (TPSA) is 52.6 Å². The first kappa shape index (κ1) is 13.5. The predicted molar refractivity (Wildman–Crippen MR) is 74.5 cm³/mol. The normalized spacial score (nSPS) is 20.0. The van der Waals surface area contributed by atoms with Gasteiger partial charge in [0, 0.05) is 16.2 Å². The third-order valence-corrected chi connectivity index (χ3v) is 3.71. The predicted octanol–water partition coefficient (Wildman–Crippen LogP) is 1.84. The Morgan fingerprint density at radius 2 is 2.17 bits per heavy atom. The van der Waals surface area contributed by atoms with Gasteiger partial charge in [-0.25, -0.2) is 0 Å². The van der Waals surface area contributed by atoms with Crippen LogP contribution in [0.5, 0.6) is 0 Å². The SMILES string of the molecule is O=C(CN1CCCC1CO)Nc1ccc(Br)cc1. The number of hydrogen-bond donors (Lipinski definition) is 2. The average molecular weight is 313 g/mol. The van der Waals surface area contributed by atoms with E-state index in [9.17, 15) is 9.90 Å². The molecule has 0 aliphatic carbocycles. The van der Waals surface area contributed by atoms with Gasteiger partial charge < -0.3 is 10.4 Å². The average Bonchev–Trinajstić information content (AvgIpc) is 2.79. The van der Waals surface area contributed by atoms with Crippen LogP contribution < -0.4 is 5.32 Å². The fraction of sp³-hybridized carbons (Fsp3) is 0.462. The number of nitrogens with one attached hydrogen (secondary N) is 1. The molecule has 1 heterocycles. The van der Waals surface area contributed by atoms with Crippen molar-refractivity contribution in [1.29, 1.82) is 0 Å². The van der Waals surface area contributed by atoms with Crippen LogP contribution >= 0.6 is 15.9 Å². The molecule has 1 amide bonds. The maximum atomic E-state index is 11.9. The first-order valence-electron chi connectivity index (χ1n) is 6.09. The maximum Gasteiger partial charge on any atom is 0.238 e. The summed E-state index contributed by atoms with van der Waals surface area (Å²) in [7, 11) is 0. The van der Waals surface area contributed by atoms with Crippen LogP contribution in [0.4, 0.5) is 5.69 Å². The third kappa shape index (κ3) is 3.54. The molecular weight excluding hydrogens is 296 g/mol. The van der Waals surface area contributed by atoms with Crippen molar-refractivity contribution < 1.29 is 9.90 Å². The van der Waals surface area contributed by atoms with Crippen molar-refractivity contribution in [2.24, 2.45) is 0 Å². The van der Waals surface area contributed by atoms with Crippen LogP contribution in [-0.4, -0.2) is 41.7 Å². The Morgan fingerprint density at radius 3 is 2.83 bits per heavy atom. The van der Waals surface area contributed by atoms with Gasteiger partial charge in [-0.15, -0.1) is 0 Å². The molecular formula is C13H17BrN2O2. The summed E-state index contributed by atoms with van der Waals surface area (Å²) in [5, 5.41) is 12.0. The van der Waals surface area contributed by atoms with Crippen LogP contribution in [0.3, 0.4) is 0 Å². The number of hydrogen-bond acceptors (Lipinski definition) is 3. The van der Waals surface area contributed by atoms with Gasteiger partial charge in [0.05, 0.1) is 13.2 Å². The van der Waals surface area contributed by atoms with Gasteiger partial charge in [-0.1, -0.05) is 15.9 Å². The minimum Gasteiger partial charge on any atom is -0.395 e. The Labute approximate surface area is 115 Å². The third-order valence-electron chi connectivity index (χ3n) is 3.18. The summed E-state index contributed by atoms with van der Waals surface area (Å²) >= 11 is 3.35. The lowest BCUT2D eigenvalue weighted by Crippen LogP contribution is -2.38. The zero-order valence-corrected chi connectivity index (χ0v) is 11.7. The summed E-state index contributed by atoms with van der Waals surface area (Å²) in [6.07, 6.45) is 2.03. The smallest absolute Gasteiger partial charge is 0.238 e. The number of aliphatic hydroxyl groups excluding tert-OH is 1. The highest BCUT2D eigenvalue weighted by Crippen LogP contribution is 2.17. The molecule has 1 saturated heterocycles. The Kier molecular flexibility index (Phi) is 4.74. The quantitative estimate of drug-likeness (QED) is 0.892. The molecule has 1 fully saturated rings. The first-order chi connectivity index (χ1) is 8.69. The van der Waals surface area contributed by atoms with E-state index >= 15 is 0 Å². The fourth-order valence-electron chi connectivity index (χ4n) is 2.23. The van der Waals surface area contributed by atoms with Crippen molar-refractivity contribution in [3.63, 3.8) is 0 Å². The number of carbonyl (C=O) groups is 1. The summed E-state index contributed by atoms with van der Waals surface area (Å²) < 4.78 is 0.986. The van der Waals surface area contributed by atoms with Crippen LogP contribution in [0.1, 0.15) is 12.8 Å². The van der Waals surface area contributed by atoms with Crippen molar-refractivity contribution in [2.45, 2.75) is 18.9 Å². The Hall–Kier alpha value is -0.910. The van der Waals surface area contributed by atoms with E-state index in [0.717, 1.165) is 29.5 Å². The van der Waals surface area contributed by atoms with Gasteiger partial charge in [-0.2, -0.15) is 0 Å². The molecule has 0 spiro atoms. The van der Waals surface area contributed by atoms with Crippen molar-refractivity contribution in [3.8, 4) is 0 Å². The van der Waals surface area contributed by atoms with E-state index in [-0.39, 0.29) is 18.6 Å². The summed E-state index contributed by atoms with van der Waals surface area (Å²) in [5.74, 6) is -0.0299. The molecule has 0 saturated carbocycles. The minimum atomic E-state index is -0.0299. The fourth-order valence-corrected chi connectivity index (χ4v) is 2.49. The Morgan fingerprint density at radius 1 is 1.44 bits per heavy atom. The van der Waals surface area contributed by atoms with Crippen LogP contribution in [0.15, 0.2) is 28.7 Å². The first-order valence-corrected chi connectivity index (χ1v) is 6.88. The van der Waals surface area contributed by atoms with Gasteiger partial charge in [0.25, 0.3) is 0 Å². The molecule has 0 bridgehead atoms. The lowest BCUT2D eigenvalue weighted by atomic mass is 10.2. The second-order valence-corrected chi connectivity index (χ2v) is 5.42. The highest BCUT2D eigenvalue weighted by molar-refractivity contribution is 9.10. The Balaban J connectivity index is 1.86. The lowest BCUT2D eigenvalue weighted by Gasteiger charge is -2.21. The molecule has 1 unspecified atom stereocenters. The van der Waals surface area contributed by atoms with Crippen LogP contribution in [0, 0.1) is 0 Å². The second-order valence-electron chi connectivity index (χ2n) is 4.50. The Bertz CT molecular complexity index is 408. The van der Waals surface area contributed by atoms with E-state index in [1.54, 1.807) is 0 Å². The van der Waals surface area contributed by atoms with Crippen LogP contribution in [0.25, 0.3) is 0 Å². The van der Waals surface area contributed by atoms with Gasteiger partial charge in [-0.3, -0.25) is 9.69 Å².